The highest BCUT2D eigenvalue weighted by molar-refractivity contribution is 5.95. The van der Waals surface area contributed by atoms with Crippen LogP contribution < -0.4 is 0 Å². The van der Waals surface area contributed by atoms with Crippen LogP contribution in [0.5, 0.6) is 0 Å². The standard InChI is InChI=1S/C23H19FN4O2/c1-15-20(13-25-28(15)18-5-3-2-4-6-18)23(29)27-12-11-19-21(14-27)26-30-22(19)16-7-9-17(24)10-8-16/h2-10,13H,11-12,14H2,1H3. The first-order valence-electron chi connectivity index (χ1n) is 9.74. The fourth-order valence-corrected chi connectivity index (χ4v) is 3.85. The van der Waals surface area contributed by atoms with E-state index in [1.165, 1.54) is 12.1 Å². The first-order valence-corrected chi connectivity index (χ1v) is 9.74. The molecule has 2 aromatic heterocycles. The van der Waals surface area contributed by atoms with E-state index in [1.807, 2.05) is 37.3 Å². The number of para-hydroxylation sites is 1. The number of amides is 1. The molecule has 0 saturated carbocycles. The van der Waals surface area contributed by atoms with Gasteiger partial charge in [-0.1, -0.05) is 23.4 Å². The third-order valence-corrected chi connectivity index (χ3v) is 5.48. The van der Waals surface area contributed by atoms with E-state index in [4.69, 9.17) is 4.52 Å². The van der Waals surface area contributed by atoms with Crippen LogP contribution >= 0.6 is 0 Å². The molecule has 3 heterocycles. The van der Waals surface area contributed by atoms with Crippen molar-refractivity contribution in [2.24, 2.45) is 0 Å². The molecule has 0 aliphatic carbocycles. The SMILES string of the molecule is Cc1c(C(=O)N2CCc3c(noc3-c3ccc(F)cc3)C2)cnn1-c1ccccc1. The van der Waals surface area contributed by atoms with E-state index >= 15 is 0 Å². The molecular weight excluding hydrogens is 383 g/mol. The lowest BCUT2D eigenvalue weighted by molar-refractivity contribution is 0.0731. The minimum Gasteiger partial charge on any atom is -0.356 e. The van der Waals surface area contributed by atoms with E-state index in [2.05, 4.69) is 10.3 Å². The minimum atomic E-state index is -0.296. The largest absolute Gasteiger partial charge is 0.356 e. The van der Waals surface area contributed by atoms with Crippen molar-refractivity contribution in [2.45, 2.75) is 19.9 Å². The summed E-state index contributed by atoms with van der Waals surface area (Å²) >= 11 is 0. The molecule has 2 aromatic carbocycles. The summed E-state index contributed by atoms with van der Waals surface area (Å²) in [6, 6.07) is 15.9. The second-order valence-corrected chi connectivity index (χ2v) is 7.31. The zero-order valence-electron chi connectivity index (χ0n) is 16.4. The molecule has 0 fully saturated rings. The van der Waals surface area contributed by atoms with E-state index in [1.54, 1.807) is 27.9 Å². The normalized spacial score (nSPS) is 13.3. The van der Waals surface area contributed by atoms with Gasteiger partial charge in [-0.3, -0.25) is 4.79 Å². The van der Waals surface area contributed by atoms with Crippen LogP contribution in [0.2, 0.25) is 0 Å². The van der Waals surface area contributed by atoms with Gasteiger partial charge in [0.2, 0.25) is 0 Å². The number of carbonyl (C=O) groups excluding carboxylic acids is 1. The van der Waals surface area contributed by atoms with E-state index in [0.29, 0.717) is 30.8 Å². The Morgan fingerprint density at radius 2 is 1.87 bits per heavy atom. The molecule has 30 heavy (non-hydrogen) atoms. The fourth-order valence-electron chi connectivity index (χ4n) is 3.85. The van der Waals surface area contributed by atoms with Crippen molar-refractivity contribution >= 4 is 5.91 Å². The third-order valence-electron chi connectivity index (χ3n) is 5.48. The van der Waals surface area contributed by atoms with Crippen molar-refractivity contribution in [3.8, 4) is 17.0 Å². The highest BCUT2D eigenvalue weighted by Crippen LogP contribution is 2.31. The number of carbonyl (C=O) groups is 1. The van der Waals surface area contributed by atoms with Crippen LogP contribution in [0, 0.1) is 12.7 Å². The number of halogens is 1. The highest BCUT2D eigenvalue weighted by Gasteiger charge is 2.29. The summed E-state index contributed by atoms with van der Waals surface area (Å²) in [6.45, 7) is 2.82. The topological polar surface area (TPSA) is 64.2 Å². The number of nitrogens with zero attached hydrogens (tertiary/aromatic N) is 4. The summed E-state index contributed by atoms with van der Waals surface area (Å²) in [7, 11) is 0. The highest BCUT2D eigenvalue weighted by atomic mass is 19.1. The lowest BCUT2D eigenvalue weighted by Gasteiger charge is -2.26. The summed E-state index contributed by atoms with van der Waals surface area (Å²) in [5.41, 5.74) is 4.78. The zero-order valence-corrected chi connectivity index (χ0v) is 16.4. The van der Waals surface area contributed by atoms with Crippen molar-refractivity contribution < 1.29 is 13.7 Å². The van der Waals surface area contributed by atoms with Crippen molar-refractivity contribution in [1.82, 2.24) is 19.8 Å². The summed E-state index contributed by atoms with van der Waals surface area (Å²) in [5, 5.41) is 8.58. The molecule has 7 heteroatoms. The minimum absolute atomic E-state index is 0.0772. The van der Waals surface area contributed by atoms with Crippen LogP contribution in [0.3, 0.4) is 0 Å². The van der Waals surface area contributed by atoms with Gasteiger partial charge < -0.3 is 9.42 Å². The Balaban J connectivity index is 1.39. The average Bonchev–Trinajstić information content (AvgIpc) is 3.37. The second kappa shape index (κ2) is 7.26. The molecule has 0 bridgehead atoms. The first kappa shape index (κ1) is 18.3. The van der Waals surface area contributed by atoms with Gasteiger partial charge in [-0.2, -0.15) is 5.10 Å². The van der Waals surface area contributed by atoms with Crippen molar-refractivity contribution in [2.75, 3.05) is 6.54 Å². The molecule has 5 rings (SSSR count). The van der Waals surface area contributed by atoms with Crippen LogP contribution in [-0.4, -0.2) is 32.3 Å². The molecule has 0 saturated heterocycles. The van der Waals surface area contributed by atoms with E-state index in [0.717, 1.165) is 28.2 Å². The maximum Gasteiger partial charge on any atom is 0.257 e. The number of rotatable bonds is 3. The fraction of sp³-hybridized carbons (Fsp3) is 0.174. The molecular formula is C23H19FN4O2. The molecule has 0 radical (unpaired) electrons. The summed E-state index contributed by atoms with van der Waals surface area (Å²) < 4.78 is 20.5. The van der Waals surface area contributed by atoms with Gasteiger partial charge in [0.25, 0.3) is 5.91 Å². The van der Waals surface area contributed by atoms with Crippen molar-refractivity contribution in [3.63, 3.8) is 0 Å². The van der Waals surface area contributed by atoms with Crippen LogP contribution in [0.4, 0.5) is 4.39 Å². The van der Waals surface area contributed by atoms with Crippen molar-refractivity contribution in [1.29, 1.82) is 0 Å². The molecule has 0 spiro atoms. The van der Waals surface area contributed by atoms with Gasteiger partial charge in [-0.25, -0.2) is 9.07 Å². The summed E-state index contributed by atoms with van der Waals surface area (Å²) in [6.07, 6.45) is 2.25. The van der Waals surface area contributed by atoms with Crippen molar-refractivity contribution in [3.05, 3.63) is 89.1 Å². The smallest absolute Gasteiger partial charge is 0.257 e. The van der Waals surface area contributed by atoms with Gasteiger partial charge in [0, 0.05) is 17.7 Å². The van der Waals surface area contributed by atoms with Gasteiger partial charge >= 0.3 is 0 Å². The predicted octanol–water partition coefficient (Wildman–Crippen LogP) is 4.17. The second-order valence-electron chi connectivity index (χ2n) is 7.31. The molecule has 150 valence electrons. The number of aromatic nitrogens is 3. The Kier molecular flexibility index (Phi) is 4.43. The van der Waals surface area contributed by atoms with Crippen LogP contribution in [0.15, 0.2) is 65.3 Å². The first-order chi connectivity index (χ1) is 14.6. The number of hydrogen-bond donors (Lipinski definition) is 0. The van der Waals surface area contributed by atoms with Crippen LogP contribution in [0.1, 0.15) is 27.3 Å². The lowest BCUT2D eigenvalue weighted by Crippen LogP contribution is -2.36. The summed E-state index contributed by atoms with van der Waals surface area (Å²) in [4.78, 5) is 14.9. The molecule has 1 aliphatic rings. The molecule has 1 aliphatic heterocycles. The number of benzene rings is 2. The molecule has 6 nitrogen and oxygen atoms in total. The van der Waals surface area contributed by atoms with Gasteiger partial charge in [-0.15, -0.1) is 0 Å². The zero-order chi connectivity index (χ0) is 20.7. The Bertz CT molecular complexity index is 1210. The molecule has 1 amide bonds. The van der Waals surface area contributed by atoms with Crippen LogP contribution in [-0.2, 0) is 13.0 Å². The third kappa shape index (κ3) is 3.08. The maximum atomic E-state index is 13.2. The average molecular weight is 402 g/mol. The van der Waals surface area contributed by atoms with Gasteiger partial charge in [-0.05, 0) is 49.7 Å². The number of fused-ring (bicyclic) bond motifs is 1. The van der Waals surface area contributed by atoms with E-state index < -0.39 is 0 Å². The van der Waals surface area contributed by atoms with Gasteiger partial charge in [0.05, 0.1) is 29.7 Å². The van der Waals surface area contributed by atoms with Crippen LogP contribution in [0.25, 0.3) is 17.0 Å². The Labute approximate surface area is 172 Å². The molecule has 0 unspecified atom stereocenters. The van der Waals surface area contributed by atoms with Gasteiger partial charge in [0.15, 0.2) is 5.76 Å². The quantitative estimate of drug-likeness (QED) is 0.516. The Morgan fingerprint density at radius 1 is 1.10 bits per heavy atom. The Morgan fingerprint density at radius 3 is 2.63 bits per heavy atom. The molecule has 4 aromatic rings. The Hall–Kier alpha value is -3.74. The predicted molar refractivity (Wildman–Crippen MR) is 109 cm³/mol. The molecule has 0 N–H and O–H groups in total. The summed E-state index contributed by atoms with van der Waals surface area (Å²) in [5.74, 6) is 0.271. The monoisotopic (exact) mass is 402 g/mol. The van der Waals surface area contributed by atoms with E-state index in [9.17, 15) is 9.18 Å². The lowest BCUT2D eigenvalue weighted by atomic mass is 10.00. The van der Waals surface area contributed by atoms with E-state index in [-0.39, 0.29) is 11.7 Å². The molecule has 0 atom stereocenters. The maximum absolute atomic E-state index is 13.2. The van der Waals surface area contributed by atoms with Gasteiger partial charge in [0.1, 0.15) is 11.5 Å². The number of hydrogen-bond acceptors (Lipinski definition) is 4.